The zero-order valence-corrected chi connectivity index (χ0v) is 25.2. The highest BCUT2D eigenvalue weighted by Gasteiger charge is 2.43. The van der Waals surface area contributed by atoms with Crippen LogP contribution in [0.1, 0.15) is 37.0 Å². The molecule has 6 nitrogen and oxygen atoms in total. The maximum absolute atomic E-state index is 13.3. The Hall–Kier alpha value is -4.37. The van der Waals surface area contributed by atoms with Crippen LogP contribution in [0.4, 0.5) is 19.0 Å². The lowest BCUT2D eigenvalue weighted by Crippen LogP contribution is -2.30. The van der Waals surface area contributed by atoms with Crippen molar-refractivity contribution in [1.82, 2.24) is 9.88 Å². The number of halogens is 3. The number of hydrogen-bond acceptors (Lipinski definition) is 5. The number of aromatic nitrogens is 1. The third-order valence-electron chi connectivity index (χ3n) is 8.08. The summed E-state index contributed by atoms with van der Waals surface area (Å²) >= 11 is 0. The van der Waals surface area contributed by atoms with E-state index in [0.717, 1.165) is 38.8 Å². The van der Waals surface area contributed by atoms with Crippen molar-refractivity contribution >= 4 is 22.6 Å². The van der Waals surface area contributed by atoms with Gasteiger partial charge in [-0.25, -0.2) is 4.98 Å². The number of carboxylic acids is 1. The minimum absolute atomic E-state index is 0.193. The van der Waals surface area contributed by atoms with Crippen LogP contribution >= 0.6 is 0 Å². The minimum atomic E-state index is -4.42. The number of nitrogens with zero attached hydrogens (tertiary/aromatic N) is 3. The van der Waals surface area contributed by atoms with Crippen molar-refractivity contribution in [1.29, 1.82) is 0 Å². The summed E-state index contributed by atoms with van der Waals surface area (Å²) in [6.07, 6.45) is -3.06. The number of ether oxygens (including phenoxy) is 1. The van der Waals surface area contributed by atoms with Crippen LogP contribution in [-0.4, -0.2) is 53.9 Å². The minimum Gasteiger partial charge on any atom is -0.484 e. The molecule has 3 aromatic carbocycles. The van der Waals surface area contributed by atoms with Crippen molar-refractivity contribution in [2.45, 2.75) is 51.1 Å². The molecule has 4 aromatic rings. The lowest BCUT2D eigenvalue weighted by Gasteiger charge is -2.25. The number of anilines is 1. The van der Waals surface area contributed by atoms with E-state index >= 15 is 0 Å². The van der Waals surface area contributed by atoms with Gasteiger partial charge in [0.1, 0.15) is 11.6 Å². The summed E-state index contributed by atoms with van der Waals surface area (Å²) in [7, 11) is 3.88. The molecule has 2 heterocycles. The Balaban J connectivity index is 1.41. The number of pyridine rings is 1. The average molecular weight is 604 g/mol. The van der Waals surface area contributed by atoms with Crippen molar-refractivity contribution in [3.05, 3.63) is 108 Å². The maximum atomic E-state index is 13.3. The van der Waals surface area contributed by atoms with Crippen LogP contribution in [0.15, 0.2) is 90.8 Å². The first-order valence-corrected chi connectivity index (χ1v) is 14.4. The molecule has 44 heavy (non-hydrogen) atoms. The van der Waals surface area contributed by atoms with Gasteiger partial charge in [0.25, 0.3) is 0 Å². The zero-order chi connectivity index (χ0) is 31.6. The highest BCUT2D eigenvalue weighted by atomic mass is 19.4. The van der Waals surface area contributed by atoms with E-state index in [1.807, 2.05) is 98.0 Å². The normalized spacial score (nSPS) is 15.4. The Morgan fingerprint density at radius 1 is 0.932 bits per heavy atom. The molecule has 0 saturated heterocycles. The fourth-order valence-corrected chi connectivity index (χ4v) is 5.44. The van der Waals surface area contributed by atoms with Gasteiger partial charge in [-0.15, -0.1) is 0 Å². The zero-order valence-electron chi connectivity index (χ0n) is 25.2. The third kappa shape index (κ3) is 6.73. The molecule has 0 bridgehead atoms. The van der Waals surface area contributed by atoms with E-state index in [4.69, 9.17) is 9.72 Å². The molecule has 1 N–H and O–H groups in total. The molecule has 1 aliphatic heterocycles. The summed E-state index contributed by atoms with van der Waals surface area (Å²) < 4.78 is 45.3. The topological polar surface area (TPSA) is 65.9 Å². The molecule has 0 saturated carbocycles. The summed E-state index contributed by atoms with van der Waals surface area (Å²) in [6, 6.07) is 23.4. The number of alkyl halides is 3. The second-order valence-corrected chi connectivity index (χ2v) is 12.0. The predicted octanol–water partition coefficient (Wildman–Crippen LogP) is 7.57. The number of hydrogen-bond donors (Lipinski definition) is 1. The SMILES string of the molecule is CN(C)c1ncc(CN(CC2=CCC(C(F)(F)F)O2)Cc2ccc(-c3cccc(C(C)(C)C(=O)O)c3)cc2)c2ccccc12. The van der Waals surface area contributed by atoms with Crippen molar-refractivity contribution in [3.63, 3.8) is 0 Å². The van der Waals surface area contributed by atoms with Crippen LogP contribution in [-0.2, 0) is 28.0 Å². The van der Waals surface area contributed by atoms with Gasteiger partial charge in [-0.3, -0.25) is 9.69 Å². The Kier molecular flexibility index (Phi) is 8.70. The number of fused-ring (bicyclic) bond motifs is 1. The quantitative estimate of drug-likeness (QED) is 0.202. The van der Waals surface area contributed by atoms with E-state index in [1.54, 1.807) is 13.8 Å². The summed E-state index contributed by atoms with van der Waals surface area (Å²) in [5.41, 5.74) is 3.47. The van der Waals surface area contributed by atoms with Gasteiger partial charge in [0.15, 0.2) is 6.10 Å². The van der Waals surface area contributed by atoms with Gasteiger partial charge in [-0.1, -0.05) is 72.8 Å². The molecule has 230 valence electrons. The first-order valence-electron chi connectivity index (χ1n) is 14.4. The van der Waals surface area contributed by atoms with Gasteiger partial charge in [0.2, 0.25) is 0 Å². The molecular formula is C35H36F3N3O3. The van der Waals surface area contributed by atoms with E-state index in [2.05, 4.69) is 4.90 Å². The van der Waals surface area contributed by atoms with Crippen LogP contribution in [0.3, 0.4) is 0 Å². The van der Waals surface area contributed by atoms with E-state index in [-0.39, 0.29) is 13.0 Å². The van der Waals surface area contributed by atoms with Crippen LogP contribution in [0.2, 0.25) is 0 Å². The molecular weight excluding hydrogens is 567 g/mol. The van der Waals surface area contributed by atoms with Gasteiger partial charge in [0, 0.05) is 45.2 Å². The summed E-state index contributed by atoms with van der Waals surface area (Å²) in [5, 5.41) is 11.7. The fraction of sp³-hybridized carbons (Fsp3) is 0.314. The van der Waals surface area contributed by atoms with Crippen molar-refractivity contribution in [2.24, 2.45) is 0 Å². The van der Waals surface area contributed by atoms with Crippen molar-refractivity contribution in [2.75, 3.05) is 25.5 Å². The van der Waals surface area contributed by atoms with Gasteiger partial charge >= 0.3 is 12.1 Å². The summed E-state index contributed by atoms with van der Waals surface area (Å²) in [5.74, 6) is 0.258. The molecule has 5 rings (SSSR count). The lowest BCUT2D eigenvalue weighted by molar-refractivity contribution is -0.203. The molecule has 1 aromatic heterocycles. The molecule has 0 aliphatic carbocycles. The highest BCUT2D eigenvalue weighted by molar-refractivity contribution is 5.94. The Morgan fingerprint density at radius 2 is 1.64 bits per heavy atom. The first kappa shape index (κ1) is 31.1. The van der Waals surface area contributed by atoms with E-state index in [1.165, 1.54) is 6.08 Å². The second kappa shape index (κ2) is 12.3. The van der Waals surface area contributed by atoms with Gasteiger partial charge in [0.05, 0.1) is 12.0 Å². The highest BCUT2D eigenvalue weighted by Crippen LogP contribution is 2.34. The maximum Gasteiger partial charge on any atom is 0.425 e. The summed E-state index contributed by atoms with van der Waals surface area (Å²) in [4.78, 5) is 20.5. The van der Waals surface area contributed by atoms with Crippen molar-refractivity contribution < 1.29 is 27.8 Å². The Labute approximate surface area is 255 Å². The monoisotopic (exact) mass is 603 g/mol. The molecule has 9 heteroatoms. The van der Waals surface area contributed by atoms with Crippen LogP contribution in [0.5, 0.6) is 0 Å². The van der Waals surface area contributed by atoms with Gasteiger partial charge < -0.3 is 14.7 Å². The Morgan fingerprint density at radius 3 is 2.27 bits per heavy atom. The van der Waals surface area contributed by atoms with Gasteiger partial charge in [-0.2, -0.15) is 13.2 Å². The van der Waals surface area contributed by atoms with E-state index < -0.39 is 23.7 Å². The predicted molar refractivity (Wildman–Crippen MR) is 166 cm³/mol. The van der Waals surface area contributed by atoms with Crippen LogP contribution in [0.25, 0.3) is 21.9 Å². The number of carbonyl (C=O) groups is 1. The molecule has 0 amide bonds. The number of rotatable bonds is 10. The van der Waals surface area contributed by atoms with Crippen LogP contribution in [0, 0.1) is 0 Å². The van der Waals surface area contributed by atoms with E-state index in [9.17, 15) is 23.1 Å². The fourth-order valence-electron chi connectivity index (χ4n) is 5.44. The van der Waals surface area contributed by atoms with Gasteiger partial charge in [-0.05, 0) is 53.1 Å². The molecule has 1 unspecified atom stereocenters. The standard InChI is InChI=1S/C35H36F3N3O3/c1-34(2,33(42)43)27-9-7-8-25(18-27)24-14-12-23(13-15-24)20-41(22-28-16-17-31(44-28)35(36,37)38)21-26-19-39-32(40(3)4)30-11-6-5-10-29(26)30/h5-16,18-19,31H,17,20-22H2,1-4H3,(H,42,43). The number of aliphatic carboxylic acids is 1. The number of carboxylic acid groups (broad SMARTS) is 1. The second-order valence-electron chi connectivity index (χ2n) is 12.0. The van der Waals surface area contributed by atoms with Crippen LogP contribution < -0.4 is 4.90 Å². The summed E-state index contributed by atoms with van der Waals surface area (Å²) in [6.45, 7) is 4.49. The molecule has 0 radical (unpaired) electrons. The van der Waals surface area contributed by atoms with Crippen molar-refractivity contribution in [3.8, 4) is 11.1 Å². The third-order valence-corrected chi connectivity index (χ3v) is 8.08. The first-order chi connectivity index (χ1) is 20.8. The Bertz CT molecular complexity index is 1680. The van der Waals surface area contributed by atoms with E-state index in [0.29, 0.717) is 24.4 Å². The lowest BCUT2D eigenvalue weighted by atomic mass is 9.83. The smallest absolute Gasteiger partial charge is 0.425 e. The molecule has 0 fully saturated rings. The largest absolute Gasteiger partial charge is 0.484 e. The molecule has 1 atom stereocenters. The molecule has 1 aliphatic rings. The average Bonchev–Trinajstić information content (AvgIpc) is 3.47. The molecule has 0 spiro atoms. The number of benzene rings is 3.